The third-order valence-electron chi connectivity index (χ3n) is 5.99. The molecule has 3 aromatic rings. The number of piperidine rings is 1. The van der Waals surface area contributed by atoms with Gasteiger partial charge in [-0.15, -0.1) is 0 Å². The van der Waals surface area contributed by atoms with Crippen LogP contribution in [-0.4, -0.2) is 52.8 Å². The molecule has 38 heavy (non-hydrogen) atoms. The summed E-state index contributed by atoms with van der Waals surface area (Å²) < 4.78 is 39.7. The zero-order valence-electron chi connectivity index (χ0n) is 20.8. The van der Waals surface area contributed by atoms with E-state index in [4.69, 9.17) is 14.6 Å². The topological polar surface area (TPSA) is 114 Å². The van der Waals surface area contributed by atoms with Crippen molar-refractivity contribution in [1.29, 1.82) is 0 Å². The van der Waals surface area contributed by atoms with Crippen molar-refractivity contribution in [3.63, 3.8) is 0 Å². The molecule has 2 N–H and O–H groups in total. The van der Waals surface area contributed by atoms with E-state index in [0.717, 1.165) is 31.5 Å². The van der Waals surface area contributed by atoms with Gasteiger partial charge in [0.15, 0.2) is 17.3 Å². The summed E-state index contributed by atoms with van der Waals surface area (Å²) in [5, 5.41) is 11.5. The van der Waals surface area contributed by atoms with Crippen LogP contribution in [0.3, 0.4) is 0 Å². The standard InChI is InChI=1S/C27H28F2N4O5/c1-2-37-21-7-3-4-8-22(21)38-18-6-5-11-33(16-18)24-15-30-14-23(31-24)32-25(34)10-9-17-12-19(28)26(27(35)36)20(29)13-17/h3-4,7-8,12-15,18H,2,5-6,9-11,16H2,1H3,(H,35,36)(H,31,32,34). The number of nitrogens with zero attached hydrogens (tertiary/aromatic N) is 3. The summed E-state index contributed by atoms with van der Waals surface area (Å²) >= 11 is 0. The highest BCUT2D eigenvalue weighted by atomic mass is 19.1. The van der Waals surface area contributed by atoms with Crippen LogP contribution >= 0.6 is 0 Å². The van der Waals surface area contributed by atoms with E-state index in [1.807, 2.05) is 36.1 Å². The largest absolute Gasteiger partial charge is 0.490 e. The number of amides is 1. The smallest absolute Gasteiger partial charge is 0.341 e. The number of anilines is 2. The number of carboxylic acids is 1. The lowest BCUT2D eigenvalue weighted by molar-refractivity contribution is -0.116. The summed E-state index contributed by atoms with van der Waals surface area (Å²) in [7, 11) is 0. The quantitative estimate of drug-likeness (QED) is 0.398. The molecule has 0 aliphatic carbocycles. The third kappa shape index (κ3) is 6.72. The lowest BCUT2D eigenvalue weighted by atomic mass is 10.1. The van der Waals surface area contributed by atoms with Crippen LogP contribution in [0.2, 0.25) is 0 Å². The first-order valence-corrected chi connectivity index (χ1v) is 12.3. The van der Waals surface area contributed by atoms with E-state index in [0.29, 0.717) is 30.5 Å². The van der Waals surface area contributed by atoms with Crippen LogP contribution in [0.25, 0.3) is 0 Å². The zero-order chi connectivity index (χ0) is 27.1. The highest BCUT2D eigenvalue weighted by Crippen LogP contribution is 2.30. The van der Waals surface area contributed by atoms with E-state index >= 15 is 0 Å². The monoisotopic (exact) mass is 526 g/mol. The van der Waals surface area contributed by atoms with Gasteiger partial charge in [0.2, 0.25) is 5.91 Å². The van der Waals surface area contributed by atoms with Crippen molar-refractivity contribution in [1.82, 2.24) is 9.97 Å². The molecule has 0 bridgehead atoms. The molecule has 1 saturated heterocycles. The summed E-state index contributed by atoms with van der Waals surface area (Å²) in [6, 6.07) is 9.38. The molecule has 1 amide bonds. The molecule has 1 aliphatic rings. The van der Waals surface area contributed by atoms with Crippen LogP contribution in [-0.2, 0) is 11.2 Å². The van der Waals surface area contributed by atoms with Crippen molar-refractivity contribution in [3.05, 3.63) is 71.6 Å². The molecule has 1 aromatic heterocycles. The Labute approximate surface area is 218 Å². The number of carboxylic acid groups (broad SMARTS) is 1. The highest BCUT2D eigenvalue weighted by molar-refractivity contribution is 5.90. The maximum atomic E-state index is 13.9. The molecule has 1 fully saturated rings. The molecular weight excluding hydrogens is 498 g/mol. The second-order valence-electron chi connectivity index (χ2n) is 8.76. The number of halogens is 2. The van der Waals surface area contributed by atoms with Crippen LogP contribution in [0.1, 0.15) is 42.1 Å². The minimum atomic E-state index is -1.69. The Bertz CT molecular complexity index is 1280. The lowest BCUT2D eigenvalue weighted by Gasteiger charge is -2.33. The summed E-state index contributed by atoms with van der Waals surface area (Å²) in [6.45, 7) is 3.79. The number of ether oxygens (including phenoxy) is 2. The normalized spacial score (nSPS) is 15.1. The number of nitrogens with one attached hydrogen (secondary N) is 1. The molecule has 11 heteroatoms. The van der Waals surface area contributed by atoms with Gasteiger partial charge in [0.25, 0.3) is 0 Å². The van der Waals surface area contributed by atoms with E-state index in [1.54, 1.807) is 6.20 Å². The van der Waals surface area contributed by atoms with E-state index in [9.17, 15) is 18.4 Å². The number of aromatic carboxylic acids is 1. The van der Waals surface area contributed by atoms with Crippen LogP contribution in [0.15, 0.2) is 48.8 Å². The summed E-state index contributed by atoms with van der Waals surface area (Å²) in [4.78, 5) is 34.1. The van der Waals surface area contributed by atoms with E-state index in [1.165, 1.54) is 6.20 Å². The molecule has 0 saturated carbocycles. The molecule has 1 atom stereocenters. The summed E-state index contributed by atoms with van der Waals surface area (Å²) in [5.74, 6) is -2.27. The number of para-hydroxylation sites is 2. The SMILES string of the molecule is CCOc1ccccc1OC1CCCN(c2cncc(NC(=O)CCc3cc(F)c(C(=O)O)c(F)c3)n2)C1. The number of rotatable bonds is 10. The van der Waals surface area contributed by atoms with E-state index in [2.05, 4.69) is 15.3 Å². The van der Waals surface area contributed by atoms with Gasteiger partial charge in [-0.05, 0) is 56.0 Å². The molecular formula is C27H28F2N4O5. The molecule has 1 aliphatic heterocycles. The van der Waals surface area contributed by atoms with Gasteiger partial charge in [-0.3, -0.25) is 9.78 Å². The highest BCUT2D eigenvalue weighted by Gasteiger charge is 2.24. The Morgan fingerprint density at radius 1 is 1.16 bits per heavy atom. The van der Waals surface area contributed by atoms with Crippen molar-refractivity contribution < 1.29 is 33.0 Å². The van der Waals surface area contributed by atoms with Crippen molar-refractivity contribution in [2.75, 3.05) is 29.9 Å². The third-order valence-corrected chi connectivity index (χ3v) is 5.99. The first kappa shape index (κ1) is 26.8. The maximum Gasteiger partial charge on any atom is 0.341 e. The summed E-state index contributed by atoms with van der Waals surface area (Å²) in [6.07, 6.45) is 4.62. The molecule has 200 valence electrons. The number of hydrogen-bond donors (Lipinski definition) is 2. The van der Waals surface area contributed by atoms with Crippen molar-refractivity contribution in [3.8, 4) is 11.5 Å². The van der Waals surface area contributed by atoms with Gasteiger partial charge in [-0.1, -0.05) is 12.1 Å². The number of aromatic nitrogens is 2. The number of carbonyl (C=O) groups excluding carboxylic acids is 1. The van der Waals surface area contributed by atoms with E-state index in [-0.39, 0.29) is 30.3 Å². The Morgan fingerprint density at radius 3 is 2.61 bits per heavy atom. The maximum absolute atomic E-state index is 13.9. The Balaban J connectivity index is 1.35. The zero-order valence-corrected chi connectivity index (χ0v) is 20.8. The van der Waals surface area contributed by atoms with Crippen LogP contribution < -0.4 is 19.7 Å². The predicted molar refractivity (Wildman–Crippen MR) is 136 cm³/mol. The second kappa shape index (κ2) is 12.3. The van der Waals surface area contributed by atoms with Gasteiger partial charge < -0.3 is 24.8 Å². The fraction of sp³-hybridized carbons (Fsp3) is 0.333. The first-order valence-electron chi connectivity index (χ1n) is 12.3. The molecule has 2 aromatic carbocycles. The lowest BCUT2D eigenvalue weighted by Crippen LogP contribution is -2.41. The average molecular weight is 527 g/mol. The number of aryl methyl sites for hydroxylation is 1. The van der Waals surface area contributed by atoms with Crippen LogP contribution in [0.5, 0.6) is 11.5 Å². The van der Waals surface area contributed by atoms with Gasteiger partial charge in [0.1, 0.15) is 29.1 Å². The first-order chi connectivity index (χ1) is 18.3. The second-order valence-corrected chi connectivity index (χ2v) is 8.76. The molecule has 9 nitrogen and oxygen atoms in total. The molecule has 1 unspecified atom stereocenters. The van der Waals surface area contributed by atoms with Crippen molar-refractivity contribution in [2.24, 2.45) is 0 Å². The Hall–Kier alpha value is -4.28. The Kier molecular flexibility index (Phi) is 8.67. The van der Waals surface area contributed by atoms with Gasteiger partial charge in [0.05, 0.1) is 25.5 Å². The molecule has 4 rings (SSSR count). The fourth-order valence-corrected chi connectivity index (χ4v) is 4.25. The predicted octanol–water partition coefficient (Wildman–Crippen LogP) is 4.47. The number of carbonyl (C=O) groups is 2. The molecule has 0 spiro atoms. The van der Waals surface area contributed by atoms with Gasteiger partial charge in [-0.2, -0.15) is 0 Å². The fourth-order valence-electron chi connectivity index (χ4n) is 4.25. The minimum Gasteiger partial charge on any atom is -0.490 e. The van der Waals surface area contributed by atoms with Gasteiger partial charge in [0, 0.05) is 13.0 Å². The van der Waals surface area contributed by atoms with Crippen LogP contribution in [0.4, 0.5) is 20.4 Å². The average Bonchev–Trinajstić information content (AvgIpc) is 2.88. The van der Waals surface area contributed by atoms with Gasteiger partial charge in [-0.25, -0.2) is 18.6 Å². The number of hydrogen-bond acceptors (Lipinski definition) is 7. The minimum absolute atomic E-state index is 0.0149. The van der Waals surface area contributed by atoms with Crippen LogP contribution in [0, 0.1) is 11.6 Å². The number of benzene rings is 2. The summed E-state index contributed by atoms with van der Waals surface area (Å²) in [5.41, 5.74) is -0.848. The molecule has 2 heterocycles. The van der Waals surface area contributed by atoms with E-state index < -0.39 is 29.1 Å². The Morgan fingerprint density at radius 2 is 1.89 bits per heavy atom. The van der Waals surface area contributed by atoms with Crippen molar-refractivity contribution in [2.45, 2.75) is 38.7 Å². The van der Waals surface area contributed by atoms with Gasteiger partial charge >= 0.3 is 5.97 Å². The molecule has 0 radical (unpaired) electrons. The van der Waals surface area contributed by atoms with Crippen molar-refractivity contribution >= 4 is 23.5 Å².